The van der Waals surface area contributed by atoms with Crippen molar-refractivity contribution in [3.05, 3.63) is 57.8 Å². The molecule has 2 heterocycles. The molecule has 1 aromatic carbocycles. The summed E-state index contributed by atoms with van der Waals surface area (Å²) >= 11 is 3.48. The second-order valence-electron chi connectivity index (χ2n) is 5.15. The van der Waals surface area contributed by atoms with E-state index in [2.05, 4.69) is 41.8 Å². The highest BCUT2D eigenvalue weighted by Gasteiger charge is 2.28. The number of rotatable bonds is 3. The van der Waals surface area contributed by atoms with Crippen LogP contribution >= 0.6 is 22.7 Å². The van der Waals surface area contributed by atoms with Crippen LogP contribution in [0.1, 0.15) is 34.4 Å². The molecule has 0 saturated carbocycles. The Morgan fingerprint density at radius 2 is 2.11 bits per heavy atom. The zero-order valence-corrected chi connectivity index (χ0v) is 12.0. The minimum atomic E-state index is -0.317. The molecule has 0 amide bonds. The van der Waals surface area contributed by atoms with Gasteiger partial charge in [-0.1, -0.05) is 24.3 Å². The van der Waals surface area contributed by atoms with Gasteiger partial charge in [0.1, 0.15) is 0 Å². The van der Waals surface area contributed by atoms with E-state index in [4.69, 9.17) is 0 Å². The summed E-state index contributed by atoms with van der Waals surface area (Å²) in [4.78, 5) is 1.12. The molecule has 1 N–H and O–H groups in total. The topological polar surface area (TPSA) is 20.2 Å². The van der Waals surface area contributed by atoms with E-state index in [1.807, 2.05) is 0 Å². The summed E-state index contributed by atoms with van der Waals surface area (Å²) in [6.45, 7) is 0. The van der Waals surface area contributed by atoms with E-state index in [1.165, 1.54) is 20.5 Å². The van der Waals surface area contributed by atoms with Crippen molar-refractivity contribution < 1.29 is 5.11 Å². The van der Waals surface area contributed by atoms with Crippen LogP contribution in [0.15, 0.2) is 41.8 Å². The maximum absolute atomic E-state index is 10.4. The highest BCUT2D eigenvalue weighted by Crippen LogP contribution is 2.42. The van der Waals surface area contributed by atoms with Gasteiger partial charge in [0.2, 0.25) is 0 Å². The smallest absolute Gasteiger partial charge is 0.0888 e. The van der Waals surface area contributed by atoms with E-state index in [-0.39, 0.29) is 6.10 Å². The SMILES string of the molecule is OC(CC1Cc2ccccc21)c1cc2sccc2s1. The second-order valence-corrected chi connectivity index (χ2v) is 7.21. The molecule has 0 aliphatic heterocycles. The molecule has 2 atom stereocenters. The fourth-order valence-electron chi connectivity index (χ4n) is 2.91. The van der Waals surface area contributed by atoms with Crippen LogP contribution in [0, 0.1) is 0 Å². The number of aliphatic hydroxyl groups excluding tert-OH is 1. The summed E-state index contributed by atoms with van der Waals surface area (Å²) in [7, 11) is 0. The highest BCUT2D eigenvalue weighted by molar-refractivity contribution is 7.26. The standard InChI is InChI=1S/C16H14OS2/c17-13(15-9-16-14(19-15)5-6-18-16)8-11-7-10-3-1-2-4-12(10)11/h1-6,9,11,13,17H,7-8H2. The van der Waals surface area contributed by atoms with Crippen LogP contribution in [-0.2, 0) is 6.42 Å². The molecule has 3 aromatic rings. The van der Waals surface area contributed by atoms with Crippen molar-refractivity contribution in [3.8, 4) is 0 Å². The molecule has 3 heteroatoms. The van der Waals surface area contributed by atoms with Gasteiger partial charge in [0, 0.05) is 14.3 Å². The third-order valence-electron chi connectivity index (χ3n) is 3.96. The lowest BCUT2D eigenvalue weighted by atomic mass is 9.75. The molecule has 0 bridgehead atoms. The zero-order chi connectivity index (χ0) is 12.8. The minimum absolute atomic E-state index is 0.317. The lowest BCUT2D eigenvalue weighted by molar-refractivity contribution is 0.157. The molecule has 19 heavy (non-hydrogen) atoms. The number of benzene rings is 1. The normalized spacial score (nSPS) is 19.1. The van der Waals surface area contributed by atoms with Gasteiger partial charge in [-0.2, -0.15) is 0 Å². The molecule has 2 aromatic heterocycles. The fourth-order valence-corrected chi connectivity index (χ4v) is 5.03. The van der Waals surface area contributed by atoms with Crippen LogP contribution in [0.5, 0.6) is 0 Å². The Hall–Kier alpha value is -1.16. The first-order valence-electron chi connectivity index (χ1n) is 6.54. The Morgan fingerprint density at radius 3 is 2.95 bits per heavy atom. The van der Waals surface area contributed by atoms with Gasteiger partial charge in [-0.15, -0.1) is 22.7 Å². The van der Waals surface area contributed by atoms with Crippen LogP contribution in [0.3, 0.4) is 0 Å². The highest BCUT2D eigenvalue weighted by atomic mass is 32.1. The first kappa shape index (κ1) is 11.6. The molecule has 0 spiro atoms. The van der Waals surface area contributed by atoms with Crippen LogP contribution in [0.2, 0.25) is 0 Å². The van der Waals surface area contributed by atoms with Crippen LogP contribution in [-0.4, -0.2) is 5.11 Å². The van der Waals surface area contributed by atoms with Gasteiger partial charge >= 0.3 is 0 Å². The van der Waals surface area contributed by atoms with E-state index in [9.17, 15) is 5.11 Å². The molecule has 0 radical (unpaired) electrons. The van der Waals surface area contributed by atoms with Gasteiger partial charge in [-0.25, -0.2) is 0 Å². The maximum atomic E-state index is 10.4. The van der Waals surface area contributed by atoms with Crippen LogP contribution in [0.25, 0.3) is 9.40 Å². The number of aliphatic hydroxyl groups is 1. The second kappa shape index (κ2) is 4.44. The van der Waals surface area contributed by atoms with Gasteiger partial charge in [-0.05, 0) is 47.4 Å². The molecule has 1 aliphatic carbocycles. The lowest BCUT2D eigenvalue weighted by Crippen LogP contribution is -2.19. The van der Waals surface area contributed by atoms with Gasteiger partial charge in [0.25, 0.3) is 0 Å². The van der Waals surface area contributed by atoms with Gasteiger partial charge in [-0.3, -0.25) is 0 Å². The Balaban J connectivity index is 1.53. The number of hydrogen-bond acceptors (Lipinski definition) is 3. The monoisotopic (exact) mass is 286 g/mol. The third-order valence-corrected chi connectivity index (χ3v) is 6.15. The molecule has 0 saturated heterocycles. The van der Waals surface area contributed by atoms with Gasteiger partial charge in [0.15, 0.2) is 0 Å². The van der Waals surface area contributed by atoms with Crippen molar-refractivity contribution in [2.24, 2.45) is 0 Å². The lowest BCUT2D eigenvalue weighted by Gasteiger charge is -2.31. The van der Waals surface area contributed by atoms with Gasteiger partial charge < -0.3 is 5.11 Å². The average molecular weight is 286 g/mol. The van der Waals surface area contributed by atoms with Crippen molar-refractivity contribution in [1.29, 1.82) is 0 Å². The first-order chi connectivity index (χ1) is 9.31. The van der Waals surface area contributed by atoms with Crippen molar-refractivity contribution in [2.45, 2.75) is 24.9 Å². The van der Waals surface area contributed by atoms with E-state index in [0.717, 1.165) is 17.7 Å². The quantitative estimate of drug-likeness (QED) is 0.738. The molecule has 2 unspecified atom stereocenters. The van der Waals surface area contributed by atoms with Crippen LogP contribution < -0.4 is 0 Å². The van der Waals surface area contributed by atoms with E-state index < -0.39 is 0 Å². The number of hydrogen-bond donors (Lipinski definition) is 1. The molecule has 1 nitrogen and oxygen atoms in total. The van der Waals surface area contributed by atoms with Crippen molar-refractivity contribution >= 4 is 32.1 Å². The summed E-state index contributed by atoms with van der Waals surface area (Å²) in [5.41, 5.74) is 2.88. The Morgan fingerprint density at radius 1 is 1.21 bits per heavy atom. The summed E-state index contributed by atoms with van der Waals surface area (Å²) in [5, 5.41) is 12.5. The maximum Gasteiger partial charge on any atom is 0.0888 e. The van der Waals surface area contributed by atoms with Crippen molar-refractivity contribution in [2.75, 3.05) is 0 Å². The molecule has 1 aliphatic rings. The number of thiophene rings is 2. The molecular weight excluding hydrogens is 272 g/mol. The third kappa shape index (κ3) is 1.93. The van der Waals surface area contributed by atoms with E-state index >= 15 is 0 Å². The summed E-state index contributed by atoms with van der Waals surface area (Å²) in [6, 6.07) is 12.9. The average Bonchev–Trinajstić information content (AvgIpc) is 2.96. The summed E-state index contributed by atoms with van der Waals surface area (Å²) < 4.78 is 2.60. The predicted molar refractivity (Wildman–Crippen MR) is 82.2 cm³/mol. The summed E-state index contributed by atoms with van der Waals surface area (Å²) in [5.74, 6) is 0.534. The summed E-state index contributed by atoms with van der Waals surface area (Å²) in [6.07, 6.45) is 1.65. The molecule has 96 valence electrons. The van der Waals surface area contributed by atoms with E-state index in [0.29, 0.717) is 5.92 Å². The van der Waals surface area contributed by atoms with Crippen molar-refractivity contribution in [3.63, 3.8) is 0 Å². The van der Waals surface area contributed by atoms with Gasteiger partial charge in [0.05, 0.1) is 6.10 Å². The van der Waals surface area contributed by atoms with Crippen molar-refractivity contribution in [1.82, 2.24) is 0 Å². The molecular formula is C16H14OS2. The van der Waals surface area contributed by atoms with Crippen LogP contribution in [0.4, 0.5) is 0 Å². The molecule has 4 rings (SSSR count). The number of fused-ring (bicyclic) bond motifs is 2. The Bertz CT molecular complexity index is 697. The predicted octanol–water partition coefficient (Wildman–Crippen LogP) is 4.73. The fraction of sp³-hybridized carbons (Fsp3) is 0.250. The Kier molecular flexibility index (Phi) is 2.72. The minimum Gasteiger partial charge on any atom is -0.388 e. The molecule has 0 fully saturated rings. The largest absolute Gasteiger partial charge is 0.388 e. The Labute approximate surface area is 120 Å². The van der Waals surface area contributed by atoms with E-state index in [1.54, 1.807) is 22.7 Å². The zero-order valence-electron chi connectivity index (χ0n) is 10.4. The first-order valence-corrected chi connectivity index (χ1v) is 8.23.